The second-order valence-electron chi connectivity index (χ2n) is 7.12. The standard InChI is InChI=1S/C16H32N2O/c1-17(2)10-3-11-18-12-8-16(9-13-18)6-4-15(14-19)5-7-16/h15,19H,3-14H2,1-2H3. The fourth-order valence-corrected chi connectivity index (χ4v) is 3.83. The first-order chi connectivity index (χ1) is 9.13. The number of hydrogen-bond donors (Lipinski definition) is 1. The maximum absolute atomic E-state index is 9.25. The lowest BCUT2D eigenvalue weighted by Gasteiger charge is -2.46. The van der Waals surface area contributed by atoms with Crippen molar-refractivity contribution in [3.05, 3.63) is 0 Å². The van der Waals surface area contributed by atoms with Crippen LogP contribution in [0.5, 0.6) is 0 Å². The van der Waals surface area contributed by atoms with E-state index >= 15 is 0 Å². The van der Waals surface area contributed by atoms with Gasteiger partial charge >= 0.3 is 0 Å². The Morgan fingerprint density at radius 2 is 1.74 bits per heavy atom. The molecule has 0 aromatic heterocycles. The van der Waals surface area contributed by atoms with Gasteiger partial charge in [0, 0.05) is 6.61 Å². The Bertz CT molecular complexity index is 249. The highest BCUT2D eigenvalue weighted by atomic mass is 16.3. The van der Waals surface area contributed by atoms with Gasteiger partial charge in [0.25, 0.3) is 0 Å². The van der Waals surface area contributed by atoms with Gasteiger partial charge < -0.3 is 14.9 Å². The third-order valence-electron chi connectivity index (χ3n) is 5.42. The first-order valence-electron chi connectivity index (χ1n) is 8.11. The van der Waals surface area contributed by atoms with E-state index in [0.29, 0.717) is 17.9 Å². The summed E-state index contributed by atoms with van der Waals surface area (Å²) in [7, 11) is 4.32. The molecular weight excluding hydrogens is 236 g/mol. The fourth-order valence-electron chi connectivity index (χ4n) is 3.83. The summed E-state index contributed by atoms with van der Waals surface area (Å²) in [5, 5.41) is 9.25. The molecule has 1 aliphatic carbocycles. The third kappa shape index (κ3) is 4.44. The van der Waals surface area contributed by atoms with E-state index in [1.54, 1.807) is 0 Å². The molecule has 3 nitrogen and oxygen atoms in total. The average molecular weight is 268 g/mol. The minimum Gasteiger partial charge on any atom is -0.396 e. The Kier molecular flexibility index (Phi) is 5.67. The molecule has 0 amide bonds. The van der Waals surface area contributed by atoms with E-state index in [0.717, 1.165) is 0 Å². The van der Waals surface area contributed by atoms with Crippen LogP contribution in [0.3, 0.4) is 0 Å². The summed E-state index contributed by atoms with van der Waals surface area (Å²) in [6, 6.07) is 0. The largest absolute Gasteiger partial charge is 0.396 e. The third-order valence-corrected chi connectivity index (χ3v) is 5.42. The summed E-state index contributed by atoms with van der Waals surface area (Å²) in [6.45, 7) is 5.49. The van der Waals surface area contributed by atoms with Crippen molar-refractivity contribution in [2.75, 3.05) is 46.9 Å². The van der Waals surface area contributed by atoms with Gasteiger partial charge in [-0.05, 0) is 96.6 Å². The average Bonchev–Trinajstić information content (AvgIpc) is 2.42. The molecule has 2 rings (SSSR count). The number of aliphatic hydroxyl groups is 1. The SMILES string of the molecule is CN(C)CCCN1CCC2(CCC(CO)CC2)CC1. The maximum Gasteiger partial charge on any atom is 0.0459 e. The lowest BCUT2D eigenvalue weighted by Crippen LogP contribution is -2.42. The van der Waals surface area contributed by atoms with Crippen molar-refractivity contribution in [3.63, 3.8) is 0 Å². The molecule has 0 atom stereocenters. The summed E-state index contributed by atoms with van der Waals surface area (Å²) in [4.78, 5) is 4.94. The molecule has 2 fully saturated rings. The highest BCUT2D eigenvalue weighted by molar-refractivity contribution is 4.90. The van der Waals surface area contributed by atoms with Crippen molar-refractivity contribution < 1.29 is 5.11 Å². The van der Waals surface area contributed by atoms with Gasteiger partial charge in [0.2, 0.25) is 0 Å². The lowest BCUT2D eigenvalue weighted by molar-refractivity contribution is 0.0393. The van der Waals surface area contributed by atoms with Crippen molar-refractivity contribution in [2.45, 2.75) is 44.9 Å². The van der Waals surface area contributed by atoms with Gasteiger partial charge in [0.1, 0.15) is 0 Å². The molecular formula is C16H32N2O. The summed E-state index contributed by atoms with van der Waals surface area (Å²) < 4.78 is 0. The quantitative estimate of drug-likeness (QED) is 0.828. The molecule has 0 aromatic carbocycles. The molecule has 0 aromatic rings. The highest BCUT2D eigenvalue weighted by Crippen LogP contribution is 2.46. The van der Waals surface area contributed by atoms with E-state index in [1.165, 1.54) is 71.1 Å². The molecule has 0 unspecified atom stereocenters. The van der Waals surface area contributed by atoms with Crippen molar-refractivity contribution in [2.24, 2.45) is 11.3 Å². The monoisotopic (exact) mass is 268 g/mol. The Labute approximate surface area is 119 Å². The zero-order valence-corrected chi connectivity index (χ0v) is 12.9. The second-order valence-corrected chi connectivity index (χ2v) is 7.12. The van der Waals surface area contributed by atoms with Crippen LogP contribution >= 0.6 is 0 Å². The van der Waals surface area contributed by atoms with Crippen LogP contribution in [-0.2, 0) is 0 Å². The fraction of sp³-hybridized carbons (Fsp3) is 1.00. The van der Waals surface area contributed by atoms with Crippen molar-refractivity contribution in [1.82, 2.24) is 9.80 Å². The first kappa shape index (κ1) is 15.3. The van der Waals surface area contributed by atoms with Crippen molar-refractivity contribution >= 4 is 0 Å². The van der Waals surface area contributed by atoms with Gasteiger partial charge in [-0.1, -0.05) is 0 Å². The molecule has 1 spiro atoms. The van der Waals surface area contributed by atoms with Gasteiger partial charge in [0.15, 0.2) is 0 Å². The molecule has 1 saturated carbocycles. The van der Waals surface area contributed by atoms with E-state index in [1.807, 2.05) is 0 Å². The number of rotatable bonds is 5. The van der Waals surface area contributed by atoms with Gasteiger partial charge in [0.05, 0.1) is 0 Å². The second kappa shape index (κ2) is 7.05. The number of aliphatic hydroxyl groups excluding tert-OH is 1. The molecule has 1 N–H and O–H groups in total. The number of nitrogens with zero attached hydrogens (tertiary/aromatic N) is 2. The van der Waals surface area contributed by atoms with Crippen LogP contribution < -0.4 is 0 Å². The Morgan fingerprint density at radius 1 is 1.11 bits per heavy atom. The van der Waals surface area contributed by atoms with E-state index in [9.17, 15) is 5.11 Å². The summed E-state index contributed by atoms with van der Waals surface area (Å²) in [5.74, 6) is 0.601. The predicted octanol–water partition coefficient (Wildman–Crippen LogP) is 2.20. The molecule has 3 heteroatoms. The minimum absolute atomic E-state index is 0.409. The summed E-state index contributed by atoms with van der Waals surface area (Å²) in [6.07, 6.45) is 9.34. The smallest absolute Gasteiger partial charge is 0.0459 e. The maximum atomic E-state index is 9.25. The van der Waals surface area contributed by atoms with Gasteiger partial charge in [-0.15, -0.1) is 0 Å². The Morgan fingerprint density at radius 3 is 2.26 bits per heavy atom. The zero-order valence-electron chi connectivity index (χ0n) is 12.9. The molecule has 1 saturated heterocycles. The molecule has 1 heterocycles. The normalized spacial score (nSPS) is 25.3. The van der Waals surface area contributed by atoms with E-state index in [4.69, 9.17) is 0 Å². The lowest BCUT2D eigenvalue weighted by atomic mass is 9.65. The van der Waals surface area contributed by atoms with E-state index < -0.39 is 0 Å². The minimum atomic E-state index is 0.409. The Balaban J connectivity index is 1.67. The molecule has 112 valence electrons. The highest BCUT2D eigenvalue weighted by Gasteiger charge is 2.37. The molecule has 0 bridgehead atoms. The number of piperidine rings is 1. The van der Waals surface area contributed by atoms with Gasteiger partial charge in [-0.2, -0.15) is 0 Å². The summed E-state index contributed by atoms with van der Waals surface area (Å²) in [5.41, 5.74) is 0.643. The van der Waals surface area contributed by atoms with Crippen molar-refractivity contribution in [1.29, 1.82) is 0 Å². The predicted molar refractivity (Wildman–Crippen MR) is 80.3 cm³/mol. The Hall–Kier alpha value is -0.120. The van der Waals surface area contributed by atoms with Crippen LogP contribution in [0.15, 0.2) is 0 Å². The molecule has 1 aliphatic heterocycles. The number of hydrogen-bond acceptors (Lipinski definition) is 3. The van der Waals surface area contributed by atoms with Gasteiger partial charge in [-0.3, -0.25) is 0 Å². The van der Waals surface area contributed by atoms with E-state index in [2.05, 4.69) is 23.9 Å². The number of likely N-dealkylation sites (tertiary alicyclic amines) is 1. The van der Waals surface area contributed by atoms with Crippen molar-refractivity contribution in [3.8, 4) is 0 Å². The zero-order chi connectivity index (χ0) is 13.7. The summed E-state index contributed by atoms with van der Waals surface area (Å²) >= 11 is 0. The van der Waals surface area contributed by atoms with Gasteiger partial charge in [-0.25, -0.2) is 0 Å². The molecule has 19 heavy (non-hydrogen) atoms. The van der Waals surface area contributed by atoms with Crippen LogP contribution in [0.4, 0.5) is 0 Å². The molecule has 2 aliphatic rings. The van der Waals surface area contributed by atoms with Crippen LogP contribution in [0.2, 0.25) is 0 Å². The topological polar surface area (TPSA) is 26.7 Å². The van der Waals surface area contributed by atoms with Crippen LogP contribution in [0, 0.1) is 11.3 Å². The first-order valence-corrected chi connectivity index (χ1v) is 8.11. The van der Waals surface area contributed by atoms with Crippen LogP contribution in [-0.4, -0.2) is 61.8 Å². The van der Waals surface area contributed by atoms with Crippen LogP contribution in [0.1, 0.15) is 44.9 Å². The molecule has 0 radical (unpaired) electrons. The van der Waals surface area contributed by atoms with E-state index in [-0.39, 0.29) is 0 Å². The van der Waals surface area contributed by atoms with Crippen LogP contribution in [0.25, 0.3) is 0 Å².